The number of hydrogen-bond donors (Lipinski definition) is 1. The predicted octanol–water partition coefficient (Wildman–Crippen LogP) is 2.42. The van der Waals surface area contributed by atoms with Gasteiger partial charge in [0, 0.05) is 10.9 Å². The van der Waals surface area contributed by atoms with Gasteiger partial charge in [-0.25, -0.2) is 14.3 Å². The van der Waals surface area contributed by atoms with Crippen LogP contribution in [0.2, 0.25) is 0 Å². The summed E-state index contributed by atoms with van der Waals surface area (Å²) in [4.78, 5) is 23.8. The minimum atomic E-state index is -0.726. The fourth-order valence-electron chi connectivity index (χ4n) is 2.10. The zero-order valence-corrected chi connectivity index (χ0v) is 11.4. The van der Waals surface area contributed by atoms with Gasteiger partial charge in [-0.05, 0) is 12.1 Å². The normalized spacial score (nSPS) is 10.6. The Morgan fingerprint density at radius 2 is 1.77 bits per heavy atom. The van der Waals surface area contributed by atoms with Crippen LogP contribution in [0.3, 0.4) is 0 Å². The van der Waals surface area contributed by atoms with Crippen molar-refractivity contribution in [3.8, 4) is 0 Å². The number of rotatable bonds is 3. The second-order valence-corrected chi connectivity index (χ2v) is 4.61. The number of carbonyl (C=O) groups excluding carboxylic acids is 1. The number of benzene rings is 2. The third kappa shape index (κ3) is 2.58. The number of halogens is 1. The van der Waals surface area contributed by atoms with Gasteiger partial charge in [-0.3, -0.25) is 4.79 Å². The summed E-state index contributed by atoms with van der Waals surface area (Å²) in [6.45, 7) is -0.208. The van der Waals surface area contributed by atoms with Crippen molar-refractivity contribution in [3.05, 3.63) is 76.0 Å². The maximum absolute atomic E-state index is 13.5. The van der Waals surface area contributed by atoms with E-state index in [2.05, 4.69) is 10.2 Å². The fourth-order valence-corrected chi connectivity index (χ4v) is 2.10. The lowest BCUT2D eigenvalue weighted by Crippen LogP contribution is -2.16. The van der Waals surface area contributed by atoms with Crippen LogP contribution in [0.5, 0.6) is 0 Å². The summed E-state index contributed by atoms with van der Waals surface area (Å²) in [7, 11) is 0. The van der Waals surface area contributed by atoms with Crippen molar-refractivity contribution >= 4 is 16.7 Å². The number of carbonyl (C=O) groups is 1. The van der Waals surface area contributed by atoms with Crippen molar-refractivity contribution in [1.29, 1.82) is 0 Å². The first-order valence-electron chi connectivity index (χ1n) is 6.55. The molecule has 1 N–H and O–H groups in total. The fraction of sp³-hybridized carbons (Fsp3) is 0.0625. The van der Waals surface area contributed by atoms with E-state index in [4.69, 9.17) is 4.74 Å². The molecule has 0 saturated heterocycles. The van der Waals surface area contributed by atoms with Gasteiger partial charge in [0.15, 0.2) is 5.69 Å². The van der Waals surface area contributed by atoms with E-state index in [0.29, 0.717) is 10.8 Å². The van der Waals surface area contributed by atoms with Gasteiger partial charge in [-0.1, -0.05) is 36.4 Å². The molecule has 2 aromatic carbocycles. The van der Waals surface area contributed by atoms with Crippen LogP contribution in [0, 0.1) is 5.82 Å². The summed E-state index contributed by atoms with van der Waals surface area (Å²) in [6.07, 6.45) is 0. The van der Waals surface area contributed by atoms with E-state index < -0.39 is 11.8 Å². The summed E-state index contributed by atoms with van der Waals surface area (Å²) in [5, 5.41) is 6.72. The van der Waals surface area contributed by atoms with E-state index in [1.165, 1.54) is 12.1 Å². The zero-order valence-electron chi connectivity index (χ0n) is 11.4. The first-order chi connectivity index (χ1) is 10.7. The van der Waals surface area contributed by atoms with Crippen LogP contribution in [0.25, 0.3) is 10.8 Å². The molecule has 1 aromatic heterocycles. The van der Waals surface area contributed by atoms with E-state index >= 15 is 0 Å². The quantitative estimate of drug-likeness (QED) is 0.754. The van der Waals surface area contributed by atoms with Crippen LogP contribution in [-0.2, 0) is 11.3 Å². The Kier molecular flexibility index (Phi) is 3.65. The molecule has 5 nitrogen and oxygen atoms in total. The zero-order chi connectivity index (χ0) is 15.5. The van der Waals surface area contributed by atoms with Gasteiger partial charge in [-0.2, -0.15) is 5.10 Å². The Bertz CT molecular complexity index is 905. The molecule has 0 atom stereocenters. The summed E-state index contributed by atoms with van der Waals surface area (Å²) < 4.78 is 18.6. The Balaban J connectivity index is 1.89. The molecule has 0 saturated carbocycles. The lowest BCUT2D eigenvalue weighted by molar-refractivity contribution is 0.0463. The molecule has 0 bridgehead atoms. The SMILES string of the molecule is O=C(OCc1ccccc1F)c1n[nH]c(=O)c2ccccc12. The van der Waals surface area contributed by atoms with E-state index in [-0.39, 0.29) is 23.4 Å². The molecule has 0 radical (unpaired) electrons. The van der Waals surface area contributed by atoms with Gasteiger partial charge in [0.25, 0.3) is 5.56 Å². The molecule has 0 spiro atoms. The highest BCUT2D eigenvalue weighted by Crippen LogP contribution is 2.15. The van der Waals surface area contributed by atoms with Crippen LogP contribution in [0.1, 0.15) is 16.1 Å². The largest absolute Gasteiger partial charge is 0.456 e. The van der Waals surface area contributed by atoms with Crippen molar-refractivity contribution in [2.75, 3.05) is 0 Å². The number of fused-ring (bicyclic) bond motifs is 1. The van der Waals surface area contributed by atoms with E-state index in [9.17, 15) is 14.0 Å². The number of ether oxygens (including phenoxy) is 1. The molecule has 0 aliphatic rings. The number of aromatic nitrogens is 2. The second-order valence-electron chi connectivity index (χ2n) is 4.61. The highest BCUT2D eigenvalue weighted by Gasteiger charge is 2.16. The third-order valence-electron chi connectivity index (χ3n) is 3.21. The Morgan fingerprint density at radius 1 is 1.09 bits per heavy atom. The van der Waals surface area contributed by atoms with Crippen LogP contribution < -0.4 is 5.56 Å². The minimum Gasteiger partial charge on any atom is -0.456 e. The smallest absolute Gasteiger partial charge is 0.359 e. The molecule has 1 heterocycles. The van der Waals surface area contributed by atoms with E-state index in [1.807, 2.05) is 0 Å². The highest BCUT2D eigenvalue weighted by atomic mass is 19.1. The van der Waals surface area contributed by atoms with Gasteiger partial charge in [0.2, 0.25) is 0 Å². The Morgan fingerprint density at radius 3 is 2.55 bits per heavy atom. The number of esters is 1. The van der Waals surface area contributed by atoms with Crippen molar-refractivity contribution in [2.45, 2.75) is 6.61 Å². The molecule has 0 fully saturated rings. The number of H-pyrrole nitrogens is 1. The monoisotopic (exact) mass is 298 g/mol. The van der Waals surface area contributed by atoms with Crippen molar-refractivity contribution in [1.82, 2.24) is 10.2 Å². The van der Waals surface area contributed by atoms with E-state index in [0.717, 1.165) is 0 Å². The van der Waals surface area contributed by atoms with Crippen molar-refractivity contribution < 1.29 is 13.9 Å². The highest BCUT2D eigenvalue weighted by molar-refractivity contribution is 6.01. The van der Waals surface area contributed by atoms with Crippen LogP contribution in [0.4, 0.5) is 4.39 Å². The standard InChI is InChI=1S/C16H11FN2O3/c17-13-8-4-1-5-10(13)9-22-16(21)14-11-6-2-3-7-12(11)15(20)19-18-14/h1-8H,9H2,(H,19,20). The second kappa shape index (κ2) is 5.77. The molecule has 0 amide bonds. The molecule has 0 unspecified atom stereocenters. The van der Waals surface area contributed by atoms with Gasteiger partial charge in [0.1, 0.15) is 12.4 Å². The van der Waals surface area contributed by atoms with Gasteiger partial charge in [-0.15, -0.1) is 0 Å². The molecule has 3 aromatic rings. The van der Waals surface area contributed by atoms with Crippen LogP contribution in [-0.4, -0.2) is 16.2 Å². The first-order valence-corrected chi connectivity index (χ1v) is 6.55. The molecule has 110 valence electrons. The third-order valence-corrected chi connectivity index (χ3v) is 3.21. The predicted molar refractivity (Wildman–Crippen MR) is 77.9 cm³/mol. The number of nitrogens with one attached hydrogen (secondary N) is 1. The van der Waals surface area contributed by atoms with Gasteiger partial charge < -0.3 is 4.74 Å². The lowest BCUT2D eigenvalue weighted by atomic mass is 10.1. The van der Waals surface area contributed by atoms with Crippen molar-refractivity contribution in [2.24, 2.45) is 0 Å². The average Bonchev–Trinajstić information content (AvgIpc) is 2.54. The lowest BCUT2D eigenvalue weighted by Gasteiger charge is -2.07. The topological polar surface area (TPSA) is 72.0 Å². The number of aromatic amines is 1. The first kappa shape index (κ1) is 13.9. The molecular formula is C16H11FN2O3. The molecular weight excluding hydrogens is 287 g/mol. The van der Waals surface area contributed by atoms with Crippen LogP contribution >= 0.6 is 0 Å². The molecule has 22 heavy (non-hydrogen) atoms. The van der Waals surface area contributed by atoms with Crippen LogP contribution in [0.15, 0.2) is 53.3 Å². The average molecular weight is 298 g/mol. The molecule has 3 rings (SSSR count). The summed E-state index contributed by atoms with van der Waals surface area (Å²) >= 11 is 0. The molecule has 0 aliphatic heterocycles. The maximum atomic E-state index is 13.5. The maximum Gasteiger partial charge on any atom is 0.359 e. The molecule has 0 aliphatic carbocycles. The van der Waals surface area contributed by atoms with E-state index in [1.54, 1.807) is 36.4 Å². The number of hydrogen-bond acceptors (Lipinski definition) is 4. The number of nitrogens with zero attached hydrogens (tertiary/aromatic N) is 1. The molecule has 6 heteroatoms. The van der Waals surface area contributed by atoms with Crippen molar-refractivity contribution in [3.63, 3.8) is 0 Å². The minimum absolute atomic E-state index is 0.00783. The summed E-state index contributed by atoms with van der Waals surface area (Å²) in [5.41, 5.74) is -0.127. The van der Waals surface area contributed by atoms with Gasteiger partial charge in [0.05, 0.1) is 5.39 Å². The van der Waals surface area contributed by atoms with Gasteiger partial charge >= 0.3 is 5.97 Å². The Labute approximate surface area is 124 Å². The summed E-state index contributed by atoms with van der Waals surface area (Å²) in [5.74, 6) is -1.18. The Hall–Kier alpha value is -3.02. The summed E-state index contributed by atoms with van der Waals surface area (Å²) in [6, 6.07) is 12.6.